The van der Waals surface area contributed by atoms with E-state index < -0.39 is 0 Å². The van der Waals surface area contributed by atoms with Gasteiger partial charge in [0.2, 0.25) is 0 Å². The Hall–Kier alpha value is -0.210. The zero-order valence-corrected chi connectivity index (χ0v) is 7.94. The highest BCUT2D eigenvalue weighted by Crippen LogP contribution is 1.99. The van der Waals surface area contributed by atoms with Crippen LogP contribution >= 0.6 is 23.2 Å². The van der Waals surface area contributed by atoms with E-state index >= 15 is 0 Å². The van der Waals surface area contributed by atoms with Crippen LogP contribution in [-0.4, -0.2) is 10.4 Å². The molecule has 2 nitrogen and oxygen atoms in total. The summed E-state index contributed by atoms with van der Waals surface area (Å²) in [7, 11) is 1.97. The van der Waals surface area contributed by atoms with Gasteiger partial charge in [0.05, 0.1) is 12.9 Å². The van der Waals surface area contributed by atoms with E-state index in [0.717, 1.165) is 12.4 Å². The summed E-state index contributed by atoms with van der Waals surface area (Å²) in [6.45, 7) is 0.824. The predicted molar refractivity (Wildman–Crippen MR) is 45.9 cm³/mol. The lowest BCUT2D eigenvalue weighted by atomic mass is 10.6. The van der Waals surface area contributed by atoms with Crippen molar-refractivity contribution in [2.45, 2.75) is 12.4 Å². The van der Waals surface area contributed by atoms with Crippen LogP contribution in [0.25, 0.3) is 0 Å². The van der Waals surface area contributed by atoms with E-state index in [1.807, 2.05) is 24.0 Å². The molecule has 0 aliphatic carbocycles. The number of hydrogen-bond donors (Lipinski definition) is 0. The summed E-state index contributed by atoms with van der Waals surface area (Å²) >= 11 is 11.3. The number of imidazole rings is 1. The molecule has 62 valence electrons. The number of aryl methyl sites for hydroxylation is 2. The summed E-state index contributed by atoms with van der Waals surface area (Å²) < 4.78 is 4.06. The third kappa shape index (κ3) is 1.88. The van der Waals surface area contributed by atoms with E-state index in [1.165, 1.54) is 0 Å². The number of halogens is 2. The lowest BCUT2D eigenvalue weighted by Gasteiger charge is -1.95. The first-order chi connectivity index (χ1) is 5.29. The number of aromatic nitrogens is 2. The Labute approximate surface area is 76.3 Å². The molecule has 0 aliphatic rings. The van der Waals surface area contributed by atoms with Gasteiger partial charge in [-0.15, -0.1) is 23.2 Å². The van der Waals surface area contributed by atoms with Crippen molar-refractivity contribution in [3.05, 3.63) is 18.2 Å². The first-order valence-electron chi connectivity index (χ1n) is 3.45. The molecule has 0 bridgehead atoms. The molecule has 11 heavy (non-hydrogen) atoms. The van der Waals surface area contributed by atoms with Crippen molar-refractivity contribution in [3.63, 3.8) is 0 Å². The van der Waals surface area contributed by atoms with Crippen LogP contribution in [0, 0.1) is 0 Å². The van der Waals surface area contributed by atoms with Crippen molar-refractivity contribution >= 4 is 23.2 Å². The van der Waals surface area contributed by atoms with Gasteiger partial charge in [-0.1, -0.05) is 0 Å². The van der Waals surface area contributed by atoms with E-state index in [2.05, 4.69) is 4.57 Å². The zero-order valence-electron chi connectivity index (χ0n) is 6.43. The molecule has 1 rings (SSSR count). The van der Waals surface area contributed by atoms with E-state index in [4.69, 9.17) is 23.2 Å². The first-order valence-corrected chi connectivity index (χ1v) is 4.52. The molecule has 0 N–H and O–H groups in total. The molecular weight excluding hydrogens is 183 g/mol. The molecular formula is C7H11Cl2N2+. The molecule has 0 saturated carbocycles. The summed E-state index contributed by atoms with van der Waals surface area (Å²) in [4.78, 5) is 0. The molecule has 1 aromatic heterocycles. The highest BCUT2D eigenvalue weighted by molar-refractivity contribution is 6.17. The topological polar surface area (TPSA) is 8.81 Å². The van der Waals surface area contributed by atoms with Gasteiger partial charge in [-0.3, -0.25) is 0 Å². The maximum Gasteiger partial charge on any atom is 0.271 e. The van der Waals surface area contributed by atoms with Gasteiger partial charge in [-0.05, 0) is 0 Å². The monoisotopic (exact) mass is 193 g/mol. The SMILES string of the molecule is C[n+]1ccn(CCCl)c1CCl. The third-order valence-corrected chi connectivity index (χ3v) is 2.06. The van der Waals surface area contributed by atoms with Crippen LogP contribution in [-0.2, 0) is 19.5 Å². The molecule has 0 unspecified atom stereocenters. The summed E-state index contributed by atoms with van der Waals surface area (Å²) in [5.74, 6) is 2.24. The second-order valence-corrected chi connectivity index (χ2v) is 2.99. The standard InChI is InChI=1S/C7H11Cl2N2/c1-10-4-5-11(3-2-8)7(10)6-9/h4-5H,2-3,6H2,1H3/q+1. The van der Waals surface area contributed by atoms with Gasteiger partial charge >= 0.3 is 0 Å². The quantitative estimate of drug-likeness (QED) is 0.506. The van der Waals surface area contributed by atoms with E-state index in [1.54, 1.807) is 0 Å². The Morgan fingerprint density at radius 2 is 2.27 bits per heavy atom. The van der Waals surface area contributed by atoms with Gasteiger partial charge in [-0.25, -0.2) is 9.13 Å². The Balaban J connectivity index is 2.86. The number of rotatable bonds is 3. The second-order valence-electron chi connectivity index (χ2n) is 2.34. The lowest BCUT2D eigenvalue weighted by Crippen LogP contribution is -2.31. The average molecular weight is 194 g/mol. The minimum atomic E-state index is 0.528. The van der Waals surface area contributed by atoms with Gasteiger partial charge in [0.1, 0.15) is 24.8 Å². The fourth-order valence-electron chi connectivity index (χ4n) is 1.02. The van der Waals surface area contributed by atoms with Crippen LogP contribution in [0.1, 0.15) is 5.82 Å². The molecule has 0 fully saturated rings. The Bertz CT molecular complexity index is 232. The van der Waals surface area contributed by atoms with E-state index in [-0.39, 0.29) is 0 Å². The fourth-order valence-corrected chi connectivity index (χ4v) is 1.54. The summed E-state index contributed by atoms with van der Waals surface area (Å²) in [5.41, 5.74) is 0. The molecule has 0 aliphatic heterocycles. The lowest BCUT2D eigenvalue weighted by molar-refractivity contribution is -0.677. The van der Waals surface area contributed by atoms with E-state index in [0.29, 0.717) is 11.8 Å². The molecule has 0 radical (unpaired) electrons. The van der Waals surface area contributed by atoms with Crippen molar-refractivity contribution in [3.8, 4) is 0 Å². The van der Waals surface area contributed by atoms with Crippen LogP contribution in [0.4, 0.5) is 0 Å². The highest BCUT2D eigenvalue weighted by atomic mass is 35.5. The van der Waals surface area contributed by atoms with E-state index in [9.17, 15) is 0 Å². The summed E-state index contributed by atoms with van der Waals surface area (Å²) in [6.07, 6.45) is 3.96. The number of nitrogens with zero attached hydrogens (tertiary/aromatic N) is 2. The molecule has 0 atom stereocenters. The van der Waals surface area contributed by atoms with Crippen molar-refractivity contribution in [2.75, 3.05) is 5.88 Å². The minimum absolute atomic E-state index is 0.528. The van der Waals surface area contributed by atoms with Crippen LogP contribution in [0.15, 0.2) is 12.4 Å². The van der Waals surface area contributed by atoms with Crippen LogP contribution in [0.2, 0.25) is 0 Å². The third-order valence-electron chi connectivity index (χ3n) is 1.65. The summed E-state index contributed by atoms with van der Waals surface area (Å²) in [5, 5.41) is 0. The first kappa shape index (κ1) is 8.88. The molecule has 0 amide bonds. The second kappa shape index (κ2) is 3.98. The van der Waals surface area contributed by atoms with Gasteiger partial charge in [-0.2, -0.15) is 0 Å². The normalized spacial score (nSPS) is 10.5. The number of hydrogen-bond acceptors (Lipinski definition) is 0. The maximum atomic E-state index is 5.73. The zero-order chi connectivity index (χ0) is 8.27. The van der Waals surface area contributed by atoms with Crippen molar-refractivity contribution in [2.24, 2.45) is 7.05 Å². The maximum absolute atomic E-state index is 5.73. The van der Waals surface area contributed by atoms with Gasteiger partial charge in [0.15, 0.2) is 0 Å². The van der Waals surface area contributed by atoms with Crippen molar-refractivity contribution < 1.29 is 4.57 Å². The largest absolute Gasteiger partial charge is 0.271 e. The fraction of sp³-hybridized carbons (Fsp3) is 0.571. The average Bonchev–Trinajstić information content (AvgIpc) is 2.33. The summed E-state index contributed by atoms with van der Waals surface area (Å²) in [6, 6.07) is 0. The molecule has 0 spiro atoms. The van der Waals surface area contributed by atoms with Gasteiger partial charge in [0, 0.05) is 0 Å². The van der Waals surface area contributed by atoms with Crippen molar-refractivity contribution in [1.82, 2.24) is 4.57 Å². The molecule has 4 heteroatoms. The van der Waals surface area contributed by atoms with Crippen LogP contribution in [0.5, 0.6) is 0 Å². The van der Waals surface area contributed by atoms with Gasteiger partial charge in [0.25, 0.3) is 5.82 Å². The molecule has 0 saturated heterocycles. The Morgan fingerprint density at radius 1 is 1.55 bits per heavy atom. The Morgan fingerprint density at radius 3 is 2.82 bits per heavy atom. The molecule has 0 aromatic carbocycles. The van der Waals surface area contributed by atoms with Gasteiger partial charge < -0.3 is 0 Å². The smallest absolute Gasteiger partial charge is 0.236 e. The molecule has 1 aromatic rings. The Kier molecular flexibility index (Phi) is 3.21. The minimum Gasteiger partial charge on any atom is -0.236 e. The van der Waals surface area contributed by atoms with Crippen LogP contribution in [0.3, 0.4) is 0 Å². The molecule has 1 heterocycles. The van der Waals surface area contributed by atoms with Crippen molar-refractivity contribution in [1.29, 1.82) is 0 Å². The predicted octanol–water partition coefficient (Wildman–Crippen LogP) is 1.29. The number of alkyl halides is 2. The van der Waals surface area contributed by atoms with Crippen LogP contribution < -0.4 is 4.57 Å². The highest BCUT2D eigenvalue weighted by Gasteiger charge is 2.11.